The van der Waals surface area contributed by atoms with Crippen LogP contribution >= 0.6 is 0 Å². The summed E-state index contributed by atoms with van der Waals surface area (Å²) in [5, 5.41) is 8.20. The molecule has 0 bridgehead atoms. The van der Waals surface area contributed by atoms with Crippen LogP contribution in [0.1, 0.15) is 39.8 Å². The van der Waals surface area contributed by atoms with Gasteiger partial charge in [0.2, 0.25) is 5.82 Å². The molecule has 2 heterocycles. The van der Waals surface area contributed by atoms with E-state index in [9.17, 15) is 4.79 Å². The summed E-state index contributed by atoms with van der Waals surface area (Å²) in [5.41, 5.74) is 6.35. The lowest BCUT2D eigenvalue weighted by molar-refractivity contribution is 0.0512. The van der Waals surface area contributed by atoms with E-state index in [-0.39, 0.29) is 18.1 Å². The summed E-state index contributed by atoms with van der Waals surface area (Å²) in [4.78, 5) is 21.0. The molecule has 0 aliphatic carbocycles. The number of hydrogen-bond acceptors (Lipinski definition) is 7. The predicted molar refractivity (Wildman–Crippen MR) is 119 cm³/mol. The van der Waals surface area contributed by atoms with Gasteiger partial charge in [-0.15, -0.1) is 0 Å². The molecule has 0 radical (unpaired) electrons. The molecule has 1 N–H and O–H groups in total. The minimum absolute atomic E-state index is 0.0654. The minimum Gasteiger partial charge on any atom is -0.460 e. The number of aromatic nitrogens is 3. The Bertz CT molecular complexity index is 1250. The van der Waals surface area contributed by atoms with Crippen molar-refractivity contribution in [3.63, 3.8) is 0 Å². The van der Waals surface area contributed by atoms with Crippen molar-refractivity contribution < 1.29 is 14.1 Å². The van der Waals surface area contributed by atoms with E-state index < -0.39 is 5.97 Å². The predicted octanol–water partition coefficient (Wildman–Crippen LogP) is 5.00. The maximum Gasteiger partial charge on any atom is 0.376 e. The van der Waals surface area contributed by atoms with Crippen molar-refractivity contribution in [3.05, 3.63) is 70.5 Å². The fourth-order valence-corrected chi connectivity index (χ4v) is 3.35. The second-order valence-corrected chi connectivity index (χ2v) is 7.48. The fourth-order valence-electron chi connectivity index (χ4n) is 3.35. The van der Waals surface area contributed by atoms with E-state index >= 15 is 0 Å². The molecule has 2 aromatic carbocycles. The van der Waals surface area contributed by atoms with Crippen molar-refractivity contribution in [3.8, 4) is 11.3 Å². The molecule has 158 valence electrons. The standard InChI is InChI=1S/C24H24N4O3/c1-5-30-24(29)22-26-21(25-13-18-12-15(3)6-9-16(18)4)19-20(28-31-23(19)27-22)17-10-7-14(2)8-11-17/h6-12H,5,13H2,1-4H3,(H,25,26,27). The van der Waals surface area contributed by atoms with E-state index in [1.807, 2.05) is 31.2 Å². The number of rotatable bonds is 6. The monoisotopic (exact) mass is 416 g/mol. The zero-order chi connectivity index (χ0) is 22.0. The first-order valence-corrected chi connectivity index (χ1v) is 10.2. The van der Waals surface area contributed by atoms with E-state index in [1.165, 1.54) is 5.56 Å². The number of nitrogens with zero attached hydrogens (tertiary/aromatic N) is 3. The summed E-state index contributed by atoms with van der Waals surface area (Å²) in [6, 6.07) is 14.3. The number of esters is 1. The Balaban J connectivity index is 1.80. The van der Waals surface area contributed by atoms with Crippen LogP contribution in [0.25, 0.3) is 22.4 Å². The molecule has 0 aliphatic heterocycles. The number of aryl methyl sites for hydroxylation is 3. The first kappa shape index (κ1) is 20.5. The van der Waals surface area contributed by atoms with Crippen LogP contribution < -0.4 is 5.32 Å². The molecule has 4 rings (SSSR count). The molecule has 0 saturated heterocycles. The topological polar surface area (TPSA) is 90.1 Å². The van der Waals surface area contributed by atoms with Crippen LogP contribution in [0.4, 0.5) is 5.82 Å². The molecule has 7 nitrogen and oxygen atoms in total. The number of benzene rings is 2. The van der Waals surface area contributed by atoms with Crippen molar-refractivity contribution in [2.24, 2.45) is 0 Å². The second-order valence-electron chi connectivity index (χ2n) is 7.48. The van der Waals surface area contributed by atoms with Crippen molar-refractivity contribution in [1.29, 1.82) is 0 Å². The highest BCUT2D eigenvalue weighted by molar-refractivity contribution is 5.99. The van der Waals surface area contributed by atoms with Crippen molar-refractivity contribution in [1.82, 2.24) is 15.1 Å². The first-order chi connectivity index (χ1) is 15.0. The lowest BCUT2D eigenvalue weighted by Crippen LogP contribution is -2.12. The van der Waals surface area contributed by atoms with Gasteiger partial charge < -0.3 is 14.6 Å². The molecule has 0 fully saturated rings. The van der Waals surface area contributed by atoms with Crippen LogP contribution in [-0.4, -0.2) is 27.7 Å². The Labute approximate surface area is 180 Å². The summed E-state index contributed by atoms with van der Waals surface area (Å²) in [7, 11) is 0. The van der Waals surface area contributed by atoms with Gasteiger partial charge in [-0.05, 0) is 38.8 Å². The number of hydrogen-bond donors (Lipinski definition) is 1. The fraction of sp³-hybridized carbons (Fsp3) is 0.250. The third-order valence-corrected chi connectivity index (χ3v) is 5.07. The molecular formula is C24H24N4O3. The van der Waals surface area contributed by atoms with Gasteiger partial charge in [-0.2, -0.15) is 4.98 Å². The number of ether oxygens (including phenoxy) is 1. The Morgan fingerprint density at radius 2 is 1.77 bits per heavy atom. The van der Waals surface area contributed by atoms with Gasteiger partial charge in [-0.3, -0.25) is 0 Å². The zero-order valence-electron chi connectivity index (χ0n) is 18.0. The van der Waals surface area contributed by atoms with Gasteiger partial charge in [0.1, 0.15) is 16.9 Å². The van der Waals surface area contributed by atoms with Gasteiger partial charge in [-0.1, -0.05) is 58.7 Å². The zero-order valence-corrected chi connectivity index (χ0v) is 18.0. The van der Waals surface area contributed by atoms with Crippen LogP contribution in [0, 0.1) is 20.8 Å². The molecule has 31 heavy (non-hydrogen) atoms. The van der Waals surface area contributed by atoms with Gasteiger partial charge >= 0.3 is 5.97 Å². The number of carbonyl (C=O) groups is 1. The highest BCUT2D eigenvalue weighted by Gasteiger charge is 2.22. The van der Waals surface area contributed by atoms with Crippen molar-refractivity contribution in [2.75, 3.05) is 11.9 Å². The maximum absolute atomic E-state index is 12.3. The van der Waals surface area contributed by atoms with Crippen LogP contribution in [0.2, 0.25) is 0 Å². The van der Waals surface area contributed by atoms with Crippen LogP contribution in [0.3, 0.4) is 0 Å². The molecule has 4 aromatic rings. The van der Waals surface area contributed by atoms with Crippen molar-refractivity contribution >= 4 is 22.9 Å². The largest absolute Gasteiger partial charge is 0.460 e. The van der Waals surface area contributed by atoms with Gasteiger partial charge in [0.15, 0.2) is 0 Å². The highest BCUT2D eigenvalue weighted by atomic mass is 16.5. The molecule has 0 spiro atoms. The third-order valence-electron chi connectivity index (χ3n) is 5.07. The van der Waals surface area contributed by atoms with Crippen LogP contribution in [0.5, 0.6) is 0 Å². The SMILES string of the molecule is CCOC(=O)c1nc(NCc2cc(C)ccc2C)c2c(-c3ccc(C)cc3)noc2n1. The molecule has 0 unspecified atom stereocenters. The van der Waals surface area contributed by atoms with Gasteiger partial charge in [-0.25, -0.2) is 9.78 Å². The summed E-state index contributed by atoms with van der Waals surface area (Å²) < 4.78 is 10.6. The number of fused-ring (bicyclic) bond motifs is 1. The Morgan fingerprint density at radius 3 is 2.52 bits per heavy atom. The summed E-state index contributed by atoms with van der Waals surface area (Å²) >= 11 is 0. The average Bonchev–Trinajstić information content (AvgIpc) is 3.19. The van der Waals surface area contributed by atoms with Crippen molar-refractivity contribution in [2.45, 2.75) is 34.2 Å². The normalized spacial score (nSPS) is 11.0. The molecule has 0 aliphatic rings. The van der Waals surface area contributed by atoms with Crippen LogP contribution in [0.15, 0.2) is 47.0 Å². The minimum atomic E-state index is -0.604. The smallest absolute Gasteiger partial charge is 0.376 e. The Morgan fingerprint density at radius 1 is 1.03 bits per heavy atom. The van der Waals surface area contributed by atoms with E-state index in [0.29, 0.717) is 23.4 Å². The van der Waals surface area contributed by atoms with E-state index in [4.69, 9.17) is 9.26 Å². The van der Waals surface area contributed by atoms with E-state index in [2.05, 4.69) is 52.5 Å². The Kier molecular flexibility index (Phi) is 5.66. The van der Waals surface area contributed by atoms with Gasteiger partial charge in [0.25, 0.3) is 5.71 Å². The van der Waals surface area contributed by atoms with Gasteiger partial charge in [0.05, 0.1) is 6.61 Å². The molecular weight excluding hydrogens is 392 g/mol. The summed E-state index contributed by atoms with van der Waals surface area (Å²) in [5.74, 6) is -0.192. The second kappa shape index (κ2) is 8.55. The number of nitrogens with one attached hydrogen (secondary N) is 1. The van der Waals surface area contributed by atoms with E-state index in [0.717, 1.165) is 22.3 Å². The summed E-state index contributed by atoms with van der Waals surface area (Å²) in [6.07, 6.45) is 0. The van der Waals surface area contributed by atoms with Gasteiger partial charge in [0, 0.05) is 12.1 Å². The lowest BCUT2D eigenvalue weighted by Gasteiger charge is -2.11. The quantitative estimate of drug-likeness (QED) is 0.442. The van der Waals surface area contributed by atoms with Crippen LogP contribution in [-0.2, 0) is 11.3 Å². The number of carbonyl (C=O) groups excluding carboxylic acids is 1. The number of anilines is 1. The molecule has 0 atom stereocenters. The third kappa shape index (κ3) is 4.26. The summed E-state index contributed by atoms with van der Waals surface area (Å²) in [6.45, 7) is 8.64. The molecule has 2 aromatic heterocycles. The lowest BCUT2D eigenvalue weighted by atomic mass is 10.1. The van der Waals surface area contributed by atoms with E-state index in [1.54, 1.807) is 6.92 Å². The molecule has 0 amide bonds. The Hall–Kier alpha value is -3.74. The average molecular weight is 416 g/mol. The molecule has 7 heteroatoms. The maximum atomic E-state index is 12.3. The molecule has 0 saturated carbocycles. The highest BCUT2D eigenvalue weighted by Crippen LogP contribution is 2.32. The first-order valence-electron chi connectivity index (χ1n) is 10.2.